The maximum atomic E-state index is 12.9. The molecule has 6 nitrogen and oxygen atoms in total. The van der Waals surface area contributed by atoms with Gasteiger partial charge in [-0.15, -0.1) is 0 Å². The molecule has 2 aromatic rings. The van der Waals surface area contributed by atoms with E-state index in [0.717, 1.165) is 4.31 Å². The number of sulfonamides is 1. The predicted octanol–water partition coefficient (Wildman–Crippen LogP) is 3.86. The van der Waals surface area contributed by atoms with Crippen molar-refractivity contribution in [2.24, 2.45) is 4.99 Å². The Morgan fingerprint density at radius 2 is 1.93 bits per heavy atom. The molecule has 3 rings (SSSR count). The molecule has 1 fully saturated rings. The molecule has 1 amide bonds. The summed E-state index contributed by atoms with van der Waals surface area (Å²) in [5.41, 5.74) is 0.960. The van der Waals surface area contributed by atoms with E-state index in [1.165, 1.54) is 38.0 Å². The minimum Gasteiger partial charge on any atom is -0.286 e. The molecule has 9 heteroatoms. The third kappa shape index (κ3) is 4.41. The first-order valence-electron chi connectivity index (χ1n) is 8.54. The van der Waals surface area contributed by atoms with Gasteiger partial charge in [-0.2, -0.15) is 0 Å². The number of halogens is 1. The Balaban J connectivity index is 1.95. The summed E-state index contributed by atoms with van der Waals surface area (Å²) in [5.74, 6) is -0.185. The van der Waals surface area contributed by atoms with Gasteiger partial charge in [0.2, 0.25) is 10.0 Å². The van der Waals surface area contributed by atoms with Crippen LogP contribution in [0, 0.1) is 0 Å². The molecule has 1 aliphatic rings. The zero-order chi connectivity index (χ0) is 20.5. The lowest BCUT2D eigenvalue weighted by Gasteiger charge is -2.16. The van der Waals surface area contributed by atoms with Gasteiger partial charge in [0.15, 0.2) is 5.17 Å². The van der Waals surface area contributed by atoms with Gasteiger partial charge in [0.05, 0.1) is 10.6 Å². The van der Waals surface area contributed by atoms with Crippen LogP contribution in [0.25, 0.3) is 0 Å². The van der Waals surface area contributed by atoms with Crippen LogP contribution in [0.3, 0.4) is 0 Å². The summed E-state index contributed by atoms with van der Waals surface area (Å²) in [4.78, 5) is 19.3. The Bertz CT molecular complexity index is 1040. The topological polar surface area (TPSA) is 70.0 Å². The number of aliphatic imine (C=N–C) groups is 1. The molecule has 0 radical (unpaired) electrons. The van der Waals surface area contributed by atoms with Gasteiger partial charge in [-0.1, -0.05) is 42.4 Å². The van der Waals surface area contributed by atoms with Gasteiger partial charge in [-0.3, -0.25) is 9.69 Å². The molecule has 1 aliphatic heterocycles. The second-order valence-electron chi connectivity index (χ2n) is 6.53. The minimum absolute atomic E-state index is 0.156. The zero-order valence-corrected chi connectivity index (χ0v) is 18.1. The van der Waals surface area contributed by atoms with Crippen LogP contribution in [0.5, 0.6) is 0 Å². The van der Waals surface area contributed by atoms with Crippen molar-refractivity contribution in [3.63, 3.8) is 0 Å². The Labute approximate surface area is 174 Å². The summed E-state index contributed by atoms with van der Waals surface area (Å²) in [6, 6.07) is 13.2. The number of hydrogen-bond donors (Lipinski definition) is 0. The highest BCUT2D eigenvalue weighted by atomic mass is 35.5. The lowest BCUT2D eigenvalue weighted by molar-refractivity contribution is 0.0855. The van der Waals surface area contributed by atoms with Crippen LogP contribution >= 0.6 is 23.4 Å². The van der Waals surface area contributed by atoms with Crippen LogP contribution in [0.2, 0.25) is 5.02 Å². The largest absolute Gasteiger partial charge is 0.286 e. The number of carbonyl (C=O) groups excluding carboxylic acids is 1. The maximum absolute atomic E-state index is 12.9. The number of nitrogens with zero attached hydrogens (tertiary/aromatic N) is 3. The summed E-state index contributed by atoms with van der Waals surface area (Å²) in [6.45, 7) is 2.53. The first-order chi connectivity index (χ1) is 13.2. The average Bonchev–Trinajstić information content (AvgIpc) is 3.01. The highest BCUT2D eigenvalue weighted by molar-refractivity contribution is 8.14. The second-order valence-corrected chi connectivity index (χ2v) is 10.5. The third-order valence-corrected chi connectivity index (χ3v) is 7.23. The quantitative estimate of drug-likeness (QED) is 0.728. The highest BCUT2D eigenvalue weighted by Crippen LogP contribution is 2.30. The predicted molar refractivity (Wildman–Crippen MR) is 114 cm³/mol. The summed E-state index contributed by atoms with van der Waals surface area (Å²) in [5, 5.41) is 1.21. The normalized spacial score (nSPS) is 18.8. The lowest BCUT2D eigenvalue weighted by Crippen LogP contribution is -2.32. The molecule has 0 aliphatic carbocycles. The summed E-state index contributed by atoms with van der Waals surface area (Å²) in [6.07, 6.45) is 0. The molecule has 1 atom stereocenters. The van der Waals surface area contributed by atoms with Gasteiger partial charge in [0, 0.05) is 36.5 Å². The summed E-state index contributed by atoms with van der Waals surface area (Å²) in [7, 11) is -0.599. The molecule has 0 spiro atoms. The Morgan fingerprint density at radius 1 is 1.21 bits per heavy atom. The monoisotopic (exact) mass is 437 g/mol. The van der Waals surface area contributed by atoms with E-state index in [0.29, 0.717) is 28.0 Å². The van der Waals surface area contributed by atoms with E-state index in [-0.39, 0.29) is 16.1 Å². The molecule has 2 aromatic carbocycles. The van der Waals surface area contributed by atoms with Crippen molar-refractivity contribution in [1.29, 1.82) is 0 Å². The van der Waals surface area contributed by atoms with Crippen molar-refractivity contribution in [1.82, 2.24) is 9.21 Å². The SMILES string of the molecule is CC1CN(C(=O)c2cccc(Cl)c2)C(=Nc2cccc(S(=O)(=O)N(C)C)c2)S1. The summed E-state index contributed by atoms with van der Waals surface area (Å²) >= 11 is 7.49. The molecular weight excluding hydrogens is 418 g/mol. The smallest absolute Gasteiger partial charge is 0.259 e. The van der Waals surface area contributed by atoms with E-state index < -0.39 is 10.0 Å². The van der Waals surface area contributed by atoms with Gasteiger partial charge >= 0.3 is 0 Å². The number of carbonyl (C=O) groups is 1. The van der Waals surface area contributed by atoms with Crippen molar-refractivity contribution in [2.45, 2.75) is 17.1 Å². The molecule has 28 heavy (non-hydrogen) atoms. The van der Waals surface area contributed by atoms with Crippen LogP contribution < -0.4 is 0 Å². The van der Waals surface area contributed by atoms with E-state index in [1.54, 1.807) is 41.3 Å². The number of amidine groups is 1. The fourth-order valence-electron chi connectivity index (χ4n) is 2.68. The van der Waals surface area contributed by atoms with E-state index in [4.69, 9.17) is 11.6 Å². The fraction of sp³-hybridized carbons (Fsp3) is 0.263. The molecule has 0 saturated carbocycles. The van der Waals surface area contributed by atoms with E-state index in [9.17, 15) is 13.2 Å². The van der Waals surface area contributed by atoms with Crippen LogP contribution in [0.4, 0.5) is 5.69 Å². The average molecular weight is 438 g/mol. The van der Waals surface area contributed by atoms with Crippen LogP contribution in [-0.4, -0.2) is 54.6 Å². The Hall–Kier alpha value is -1.87. The van der Waals surface area contributed by atoms with Gasteiger partial charge in [0.1, 0.15) is 0 Å². The van der Waals surface area contributed by atoms with E-state index in [2.05, 4.69) is 4.99 Å². The van der Waals surface area contributed by atoms with Gasteiger partial charge in [-0.25, -0.2) is 17.7 Å². The molecule has 1 heterocycles. The number of hydrogen-bond acceptors (Lipinski definition) is 5. The van der Waals surface area contributed by atoms with Crippen LogP contribution in [0.15, 0.2) is 58.4 Å². The molecule has 1 unspecified atom stereocenters. The molecule has 0 bridgehead atoms. The fourth-order valence-corrected chi connectivity index (χ4v) is 4.84. The molecule has 1 saturated heterocycles. The molecule has 148 valence electrons. The van der Waals surface area contributed by atoms with Crippen molar-refractivity contribution < 1.29 is 13.2 Å². The lowest BCUT2D eigenvalue weighted by atomic mass is 10.2. The summed E-state index contributed by atoms with van der Waals surface area (Å²) < 4.78 is 25.9. The highest BCUT2D eigenvalue weighted by Gasteiger charge is 2.31. The van der Waals surface area contributed by atoms with Crippen LogP contribution in [0.1, 0.15) is 17.3 Å². The van der Waals surface area contributed by atoms with Gasteiger partial charge in [-0.05, 0) is 36.4 Å². The molecule has 0 N–H and O–H groups in total. The van der Waals surface area contributed by atoms with E-state index in [1.807, 2.05) is 6.92 Å². The van der Waals surface area contributed by atoms with Crippen molar-refractivity contribution >= 4 is 50.1 Å². The number of benzene rings is 2. The standard InChI is InChI=1S/C19H20ClN3O3S2/c1-13-12-23(18(24)14-6-4-7-15(20)10-14)19(27-13)21-16-8-5-9-17(11-16)28(25,26)22(2)3/h4-11,13H,12H2,1-3H3. The number of rotatable bonds is 4. The molecular formula is C19H20ClN3O3S2. The maximum Gasteiger partial charge on any atom is 0.259 e. The zero-order valence-electron chi connectivity index (χ0n) is 15.7. The van der Waals surface area contributed by atoms with Gasteiger partial charge < -0.3 is 0 Å². The number of thioether (sulfide) groups is 1. The first-order valence-corrected chi connectivity index (χ1v) is 11.2. The van der Waals surface area contributed by atoms with Crippen molar-refractivity contribution in [3.8, 4) is 0 Å². The van der Waals surface area contributed by atoms with E-state index >= 15 is 0 Å². The Morgan fingerprint density at radius 3 is 2.61 bits per heavy atom. The number of amides is 1. The Kier molecular flexibility index (Phi) is 6.14. The first kappa shape index (κ1) is 20.9. The third-order valence-electron chi connectivity index (χ3n) is 4.11. The van der Waals surface area contributed by atoms with Crippen LogP contribution in [-0.2, 0) is 10.0 Å². The van der Waals surface area contributed by atoms with Crippen molar-refractivity contribution in [3.05, 3.63) is 59.1 Å². The van der Waals surface area contributed by atoms with Gasteiger partial charge in [0.25, 0.3) is 5.91 Å². The molecule has 0 aromatic heterocycles. The second kappa shape index (κ2) is 8.24. The van der Waals surface area contributed by atoms with Crippen molar-refractivity contribution in [2.75, 3.05) is 20.6 Å². The minimum atomic E-state index is -3.56.